The van der Waals surface area contributed by atoms with E-state index in [4.69, 9.17) is 29.5 Å². The maximum absolute atomic E-state index is 13.6. The van der Waals surface area contributed by atoms with Gasteiger partial charge >= 0.3 is 12.1 Å². The molecule has 2 aromatic heterocycles. The lowest BCUT2D eigenvalue weighted by Gasteiger charge is -2.33. The van der Waals surface area contributed by atoms with E-state index in [0.717, 1.165) is 42.9 Å². The number of benzene rings is 1. The smallest absolute Gasteiger partial charge is 0.490 e. The van der Waals surface area contributed by atoms with Gasteiger partial charge in [0, 0.05) is 30.3 Å². The maximum Gasteiger partial charge on any atom is 0.490 e. The molecule has 0 amide bonds. The molecule has 1 saturated carbocycles. The fourth-order valence-electron chi connectivity index (χ4n) is 5.07. The molecule has 1 saturated heterocycles. The molecule has 3 heterocycles. The van der Waals surface area contributed by atoms with Gasteiger partial charge in [-0.3, -0.25) is 10.2 Å². The van der Waals surface area contributed by atoms with Crippen molar-refractivity contribution in [2.45, 2.75) is 70.7 Å². The number of nitrogens with one attached hydrogen (secondary N) is 1. The van der Waals surface area contributed by atoms with Crippen molar-refractivity contribution >= 4 is 23.1 Å². The predicted molar refractivity (Wildman–Crippen MR) is 152 cm³/mol. The molecule has 1 aliphatic heterocycles. The Kier molecular flexibility index (Phi) is 9.86. The monoisotopic (exact) mass is 622 g/mol. The average Bonchev–Trinajstić information content (AvgIpc) is 3.59. The highest BCUT2D eigenvalue weighted by Gasteiger charge is 2.38. The summed E-state index contributed by atoms with van der Waals surface area (Å²) < 4.78 is 51.9. The SMILES string of the molecule is COc1c(N2CCOCC2)cc(C(=O)Cn2nc3ccc(OC4CCCC4)nn3c2=N)cc1C(C)(C)C.O=C(O)C(F)(F)F. The second kappa shape index (κ2) is 13.2. The first kappa shape index (κ1) is 32.8. The van der Waals surface area contributed by atoms with Crippen molar-refractivity contribution in [2.75, 3.05) is 38.3 Å². The fraction of sp³-hybridized carbons (Fsp3) is 0.552. The van der Waals surface area contributed by atoms with Crippen molar-refractivity contribution < 1.29 is 42.1 Å². The number of anilines is 1. The molecular weight excluding hydrogens is 585 g/mol. The topological polar surface area (TPSA) is 144 Å². The summed E-state index contributed by atoms with van der Waals surface area (Å²) in [6.45, 7) is 8.97. The summed E-state index contributed by atoms with van der Waals surface area (Å²) in [4.78, 5) is 24.7. The largest absolute Gasteiger partial charge is 0.494 e. The molecule has 12 nitrogen and oxygen atoms in total. The number of methoxy groups -OCH3 is 1. The number of fused-ring (bicyclic) bond motifs is 1. The van der Waals surface area contributed by atoms with Crippen LogP contribution in [0, 0.1) is 5.41 Å². The first-order chi connectivity index (χ1) is 20.7. The number of ether oxygens (including phenoxy) is 3. The number of rotatable bonds is 7. The molecule has 0 radical (unpaired) electrons. The Morgan fingerprint density at radius 1 is 1.09 bits per heavy atom. The summed E-state index contributed by atoms with van der Waals surface area (Å²) in [5.41, 5.74) is 2.70. The summed E-state index contributed by atoms with van der Waals surface area (Å²) >= 11 is 0. The summed E-state index contributed by atoms with van der Waals surface area (Å²) in [5, 5.41) is 24.7. The van der Waals surface area contributed by atoms with Gasteiger partial charge in [0.25, 0.3) is 0 Å². The molecule has 1 aromatic carbocycles. The van der Waals surface area contributed by atoms with Crippen molar-refractivity contribution in [2.24, 2.45) is 0 Å². The van der Waals surface area contributed by atoms with E-state index >= 15 is 0 Å². The van der Waals surface area contributed by atoms with E-state index < -0.39 is 12.1 Å². The van der Waals surface area contributed by atoms with Crippen LogP contribution in [0.3, 0.4) is 0 Å². The number of carboxylic acid groups (broad SMARTS) is 1. The van der Waals surface area contributed by atoms with Crippen LogP contribution in [0.1, 0.15) is 62.4 Å². The molecule has 2 aliphatic rings. The lowest BCUT2D eigenvalue weighted by atomic mass is 9.84. The average molecular weight is 623 g/mol. The van der Waals surface area contributed by atoms with Gasteiger partial charge < -0.3 is 24.2 Å². The minimum absolute atomic E-state index is 0.0261. The molecule has 0 atom stereocenters. The number of aromatic nitrogens is 4. The number of alkyl halides is 3. The number of carboxylic acids is 1. The van der Waals surface area contributed by atoms with Gasteiger partial charge in [0.1, 0.15) is 18.4 Å². The van der Waals surface area contributed by atoms with Crippen molar-refractivity contribution in [1.29, 1.82) is 5.41 Å². The minimum Gasteiger partial charge on any atom is -0.494 e. The van der Waals surface area contributed by atoms with E-state index in [0.29, 0.717) is 30.3 Å². The zero-order valence-corrected chi connectivity index (χ0v) is 25.1. The summed E-state index contributed by atoms with van der Waals surface area (Å²) in [6.07, 6.45) is -0.532. The van der Waals surface area contributed by atoms with E-state index in [1.807, 2.05) is 12.1 Å². The van der Waals surface area contributed by atoms with Gasteiger partial charge in [-0.1, -0.05) is 20.8 Å². The predicted octanol–water partition coefficient (Wildman–Crippen LogP) is 3.99. The number of halogens is 3. The van der Waals surface area contributed by atoms with E-state index in [9.17, 15) is 18.0 Å². The molecule has 0 unspecified atom stereocenters. The van der Waals surface area contributed by atoms with E-state index in [1.165, 1.54) is 22.0 Å². The molecule has 2 N–H and O–H groups in total. The van der Waals surface area contributed by atoms with Crippen molar-refractivity contribution in [3.8, 4) is 11.6 Å². The first-order valence-electron chi connectivity index (χ1n) is 14.3. The third kappa shape index (κ3) is 7.68. The molecule has 2 fully saturated rings. The van der Waals surface area contributed by atoms with Crippen LogP contribution in [0.4, 0.5) is 18.9 Å². The highest BCUT2D eigenvalue weighted by atomic mass is 19.4. The van der Waals surface area contributed by atoms with Crippen LogP contribution in [0.2, 0.25) is 0 Å². The van der Waals surface area contributed by atoms with Crippen molar-refractivity contribution in [3.63, 3.8) is 0 Å². The Hall–Kier alpha value is -4.14. The number of hydrogen-bond donors (Lipinski definition) is 2. The molecule has 1 aliphatic carbocycles. The molecule has 5 rings (SSSR count). The number of nitrogens with zero attached hydrogens (tertiary/aromatic N) is 5. The Morgan fingerprint density at radius 3 is 2.30 bits per heavy atom. The lowest BCUT2D eigenvalue weighted by molar-refractivity contribution is -0.192. The highest BCUT2D eigenvalue weighted by molar-refractivity contribution is 5.97. The third-order valence-electron chi connectivity index (χ3n) is 7.34. The number of carbonyl (C=O) groups is 2. The molecule has 15 heteroatoms. The van der Waals surface area contributed by atoms with Crippen molar-refractivity contribution in [3.05, 3.63) is 41.0 Å². The fourth-order valence-corrected chi connectivity index (χ4v) is 5.07. The number of hydrogen-bond acceptors (Lipinski definition) is 9. The number of ketones is 1. The van der Waals surface area contributed by atoms with Gasteiger partial charge in [-0.05, 0) is 49.3 Å². The van der Waals surface area contributed by atoms with Gasteiger partial charge in [0.15, 0.2) is 11.4 Å². The highest BCUT2D eigenvalue weighted by Crippen LogP contribution is 2.40. The molecule has 0 bridgehead atoms. The summed E-state index contributed by atoms with van der Waals surface area (Å²) in [5.74, 6) is -1.63. The van der Waals surface area contributed by atoms with Crippen LogP contribution in [-0.4, -0.2) is 81.9 Å². The van der Waals surface area contributed by atoms with Crippen LogP contribution >= 0.6 is 0 Å². The lowest BCUT2D eigenvalue weighted by Crippen LogP contribution is -2.37. The van der Waals surface area contributed by atoms with Gasteiger partial charge in [-0.2, -0.15) is 17.7 Å². The van der Waals surface area contributed by atoms with Crippen LogP contribution in [0.15, 0.2) is 24.3 Å². The Labute approximate surface area is 251 Å². The second-order valence-electron chi connectivity index (χ2n) is 11.6. The number of aliphatic carboxylic acids is 1. The normalized spacial score (nSPS) is 16.0. The van der Waals surface area contributed by atoms with Crippen LogP contribution < -0.4 is 20.0 Å². The van der Waals surface area contributed by atoms with Crippen LogP contribution in [0.5, 0.6) is 11.6 Å². The molecule has 3 aromatic rings. The van der Waals surface area contributed by atoms with Gasteiger partial charge in [0.05, 0.1) is 26.0 Å². The van der Waals surface area contributed by atoms with Crippen LogP contribution in [-0.2, 0) is 21.5 Å². The molecular formula is C29H37F3N6O6. The van der Waals surface area contributed by atoms with Gasteiger partial charge in [-0.25, -0.2) is 9.48 Å². The third-order valence-corrected chi connectivity index (χ3v) is 7.34. The zero-order valence-electron chi connectivity index (χ0n) is 25.1. The Balaban J connectivity index is 0.000000566. The zero-order chi connectivity index (χ0) is 32.2. The molecule has 240 valence electrons. The minimum atomic E-state index is -5.08. The van der Waals surface area contributed by atoms with Gasteiger partial charge in [0.2, 0.25) is 11.5 Å². The molecule has 44 heavy (non-hydrogen) atoms. The molecule has 0 spiro atoms. The second-order valence-corrected chi connectivity index (χ2v) is 11.6. The van der Waals surface area contributed by atoms with Crippen LogP contribution in [0.25, 0.3) is 5.65 Å². The maximum atomic E-state index is 13.6. The van der Waals surface area contributed by atoms with E-state index in [2.05, 4.69) is 35.9 Å². The quantitative estimate of drug-likeness (QED) is 0.374. The number of morpholine rings is 1. The first-order valence-corrected chi connectivity index (χ1v) is 14.3. The summed E-state index contributed by atoms with van der Waals surface area (Å²) in [6, 6.07) is 7.36. The van der Waals surface area contributed by atoms with E-state index in [-0.39, 0.29) is 29.5 Å². The number of carbonyl (C=O) groups excluding carboxylic acids is 1. The van der Waals surface area contributed by atoms with E-state index in [1.54, 1.807) is 19.2 Å². The summed E-state index contributed by atoms with van der Waals surface area (Å²) in [7, 11) is 1.67. The van der Waals surface area contributed by atoms with Crippen molar-refractivity contribution in [1.82, 2.24) is 19.4 Å². The van der Waals surface area contributed by atoms with Gasteiger partial charge in [-0.15, -0.1) is 10.2 Å². The number of Topliss-reactive ketones (excluding diaryl/α,β-unsaturated/α-hetero) is 1. The standard InChI is InChI=1S/C27H36N6O4.C2HF3O2/c1-27(2,3)20-15-18(16-21(25(20)35-4)31-11-13-36-14-12-31)22(34)17-32-26(28)33-23(29-32)9-10-24(30-33)37-19-7-5-6-8-19;3-2(4,5)1(6)7/h9-10,15-16,19,28H,5-8,11-14,17H2,1-4H3;(H,6,7). The Bertz CT molecular complexity index is 1550. The Morgan fingerprint density at radius 2 is 1.73 bits per heavy atom.